The summed E-state index contributed by atoms with van der Waals surface area (Å²) in [6, 6.07) is 15.4. The third-order valence-corrected chi connectivity index (χ3v) is 3.58. The van der Waals surface area contributed by atoms with E-state index in [0.717, 1.165) is 22.5 Å². The van der Waals surface area contributed by atoms with Gasteiger partial charge in [0.05, 0.1) is 23.6 Å². The summed E-state index contributed by atoms with van der Waals surface area (Å²) in [7, 11) is 0. The Morgan fingerprint density at radius 1 is 1.19 bits per heavy atom. The molecule has 1 heterocycles. The van der Waals surface area contributed by atoms with Gasteiger partial charge in [0.15, 0.2) is 0 Å². The number of imidazole rings is 1. The topological polar surface area (TPSA) is 41.6 Å². The highest BCUT2D eigenvalue weighted by molar-refractivity contribution is 6.31. The average molecular weight is 294 g/mol. The summed E-state index contributed by atoms with van der Waals surface area (Å²) in [5, 5.41) is 9.73. The second kappa shape index (κ2) is 5.43. The molecule has 0 aliphatic carbocycles. The average Bonchev–Trinajstić information content (AvgIpc) is 2.93. The molecular formula is C17H12ClN3. The van der Waals surface area contributed by atoms with Crippen LogP contribution in [0.25, 0.3) is 16.8 Å². The third-order valence-electron chi connectivity index (χ3n) is 3.34. The summed E-state index contributed by atoms with van der Waals surface area (Å²) in [6.07, 6.45) is 3.58. The van der Waals surface area contributed by atoms with Crippen LogP contribution in [0.4, 0.5) is 0 Å². The van der Waals surface area contributed by atoms with Gasteiger partial charge in [0, 0.05) is 22.5 Å². The van der Waals surface area contributed by atoms with Gasteiger partial charge >= 0.3 is 0 Å². The highest BCUT2D eigenvalue weighted by atomic mass is 35.5. The number of benzene rings is 2. The lowest BCUT2D eigenvalue weighted by molar-refractivity contribution is 1.01. The molecule has 0 aliphatic rings. The predicted octanol–water partition coefficient (Wildman–Crippen LogP) is 4.37. The Labute approximate surface area is 128 Å². The van der Waals surface area contributed by atoms with E-state index in [4.69, 9.17) is 16.9 Å². The Morgan fingerprint density at radius 3 is 2.76 bits per heavy atom. The van der Waals surface area contributed by atoms with Crippen LogP contribution in [0.3, 0.4) is 0 Å². The highest BCUT2D eigenvalue weighted by Gasteiger charge is 2.10. The molecule has 0 saturated carbocycles. The maximum absolute atomic E-state index is 9.07. The smallest absolute Gasteiger partial charge is 0.0994 e. The van der Waals surface area contributed by atoms with Crippen molar-refractivity contribution in [2.75, 3.05) is 0 Å². The molecule has 0 unspecified atom stereocenters. The molecule has 21 heavy (non-hydrogen) atoms. The lowest BCUT2D eigenvalue weighted by Gasteiger charge is -2.13. The van der Waals surface area contributed by atoms with Crippen molar-refractivity contribution < 1.29 is 0 Å². The number of nitriles is 1. The van der Waals surface area contributed by atoms with E-state index in [1.54, 1.807) is 12.4 Å². The lowest BCUT2D eigenvalue weighted by Crippen LogP contribution is -1.97. The van der Waals surface area contributed by atoms with Crippen LogP contribution in [0.15, 0.2) is 55.0 Å². The van der Waals surface area contributed by atoms with E-state index in [0.29, 0.717) is 10.6 Å². The molecule has 3 rings (SSSR count). The monoisotopic (exact) mass is 293 g/mol. The van der Waals surface area contributed by atoms with Gasteiger partial charge in [0.2, 0.25) is 0 Å². The molecule has 0 fully saturated rings. The fourth-order valence-corrected chi connectivity index (χ4v) is 2.49. The zero-order valence-corrected chi connectivity index (χ0v) is 12.2. The van der Waals surface area contributed by atoms with Crippen LogP contribution in [0.1, 0.15) is 11.3 Å². The predicted molar refractivity (Wildman–Crippen MR) is 83.5 cm³/mol. The van der Waals surface area contributed by atoms with E-state index >= 15 is 0 Å². The van der Waals surface area contributed by atoms with Crippen LogP contribution < -0.4 is 0 Å². The molecule has 0 atom stereocenters. The van der Waals surface area contributed by atoms with Crippen LogP contribution >= 0.6 is 11.6 Å². The van der Waals surface area contributed by atoms with Crippen molar-refractivity contribution in [3.63, 3.8) is 0 Å². The zero-order chi connectivity index (χ0) is 14.8. The standard InChI is InChI=1S/C17H12ClN3/c1-12-10-20-11-21(12)17-6-5-15(18)8-16(17)14-4-2-3-13(7-14)9-19/h2-8,10-11H,1H3. The van der Waals surface area contributed by atoms with E-state index in [2.05, 4.69) is 11.1 Å². The van der Waals surface area contributed by atoms with Crippen LogP contribution in [0.2, 0.25) is 5.02 Å². The second-order valence-electron chi connectivity index (χ2n) is 4.76. The molecule has 3 nitrogen and oxygen atoms in total. The van der Waals surface area contributed by atoms with E-state index in [9.17, 15) is 0 Å². The second-order valence-corrected chi connectivity index (χ2v) is 5.20. The van der Waals surface area contributed by atoms with Crippen molar-refractivity contribution in [1.82, 2.24) is 9.55 Å². The molecular weight excluding hydrogens is 282 g/mol. The van der Waals surface area contributed by atoms with Crippen molar-refractivity contribution >= 4 is 11.6 Å². The third kappa shape index (κ3) is 2.54. The molecule has 2 aromatic carbocycles. The fraction of sp³-hybridized carbons (Fsp3) is 0.0588. The van der Waals surface area contributed by atoms with Crippen molar-refractivity contribution in [2.45, 2.75) is 6.92 Å². The summed E-state index contributed by atoms with van der Waals surface area (Å²) in [5.41, 5.74) is 4.58. The number of nitrogens with zero attached hydrogens (tertiary/aromatic N) is 3. The first-order valence-corrected chi connectivity index (χ1v) is 6.86. The summed E-state index contributed by atoms with van der Waals surface area (Å²) < 4.78 is 2.00. The molecule has 102 valence electrons. The van der Waals surface area contributed by atoms with Crippen molar-refractivity contribution in [2.24, 2.45) is 0 Å². The van der Waals surface area contributed by atoms with Gasteiger partial charge in [-0.1, -0.05) is 23.7 Å². The number of rotatable bonds is 2. The van der Waals surface area contributed by atoms with Gasteiger partial charge in [-0.3, -0.25) is 0 Å². The van der Waals surface area contributed by atoms with Gasteiger partial charge in [0.1, 0.15) is 0 Å². The van der Waals surface area contributed by atoms with Gasteiger partial charge in [-0.05, 0) is 42.8 Å². The van der Waals surface area contributed by atoms with Crippen molar-refractivity contribution in [3.05, 3.63) is 71.3 Å². The minimum absolute atomic E-state index is 0.626. The number of halogens is 1. The number of aryl methyl sites for hydroxylation is 1. The molecule has 0 aliphatic heterocycles. The van der Waals surface area contributed by atoms with Gasteiger partial charge in [-0.25, -0.2) is 4.98 Å². The van der Waals surface area contributed by atoms with Gasteiger partial charge in [-0.2, -0.15) is 5.26 Å². The van der Waals surface area contributed by atoms with E-state index in [1.807, 2.05) is 54.1 Å². The Balaban J connectivity index is 2.24. The SMILES string of the molecule is Cc1cncn1-c1ccc(Cl)cc1-c1cccc(C#N)c1. The van der Waals surface area contributed by atoms with Crippen molar-refractivity contribution in [3.8, 4) is 22.9 Å². The molecule has 0 amide bonds. The van der Waals surface area contributed by atoms with Crippen LogP contribution in [-0.4, -0.2) is 9.55 Å². The lowest BCUT2D eigenvalue weighted by atomic mass is 10.0. The van der Waals surface area contributed by atoms with Crippen LogP contribution in [0.5, 0.6) is 0 Å². The Kier molecular flexibility index (Phi) is 3.47. The van der Waals surface area contributed by atoms with Crippen LogP contribution in [0, 0.1) is 18.3 Å². The maximum Gasteiger partial charge on any atom is 0.0994 e. The summed E-state index contributed by atoms with van der Waals surface area (Å²) in [5.74, 6) is 0. The highest BCUT2D eigenvalue weighted by Crippen LogP contribution is 2.30. The molecule has 4 heteroatoms. The number of hydrogen-bond donors (Lipinski definition) is 0. The molecule has 0 spiro atoms. The molecule has 0 N–H and O–H groups in total. The summed E-state index contributed by atoms with van der Waals surface area (Å²) in [4.78, 5) is 4.17. The van der Waals surface area contributed by atoms with Crippen LogP contribution in [-0.2, 0) is 0 Å². The van der Waals surface area contributed by atoms with E-state index in [1.165, 1.54) is 0 Å². The summed E-state index contributed by atoms with van der Waals surface area (Å²) >= 11 is 6.15. The Hall–Kier alpha value is -2.57. The minimum atomic E-state index is 0.626. The Bertz CT molecular complexity index is 843. The molecule has 0 bridgehead atoms. The van der Waals surface area contributed by atoms with E-state index in [-0.39, 0.29) is 0 Å². The normalized spacial score (nSPS) is 10.3. The van der Waals surface area contributed by atoms with Gasteiger partial charge in [-0.15, -0.1) is 0 Å². The van der Waals surface area contributed by atoms with E-state index < -0.39 is 0 Å². The molecule has 3 aromatic rings. The van der Waals surface area contributed by atoms with Gasteiger partial charge < -0.3 is 4.57 Å². The molecule has 1 aromatic heterocycles. The zero-order valence-electron chi connectivity index (χ0n) is 11.4. The molecule has 0 saturated heterocycles. The summed E-state index contributed by atoms with van der Waals surface area (Å²) in [6.45, 7) is 2.00. The Morgan fingerprint density at radius 2 is 2.05 bits per heavy atom. The molecule has 0 radical (unpaired) electrons. The minimum Gasteiger partial charge on any atom is -0.303 e. The largest absolute Gasteiger partial charge is 0.303 e. The quantitative estimate of drug-likeness (QED) is 0.704. The first-order valence-electron chi connectivity index (χ1n) is 6.48. The van der Waals surface area contributed by atoms with Crippen molar-refractivity contribution in [1.29, 1.82) is 5.26 Å². The van der Waals surface area contributed by atoms with Gasteiger partial charge in [0.25, 0.3) is 0 Å². The number of hydrogen-bond acceptors (Lipinski definition) is 2. The first kappa shape index (κ1) is 13.4. The maximum atomic E-state index is 9.07. The first-order chi connectivity index (χ1) is 10.2. The fourth-order valence-electron chi connectivity index (χ4n) is 2.32. The number of aromatic nitrogens is 2.